The van der Waals surface area contributed by atoms with Gasteiger partial charge in [0.25, 0.3) is 5.91 Å². The molecule has 5 heteroatoms. The van der Waals surface area contributed by atoms with E-state index in [2.05, 4.69) is 5.32 Å². The molecule has 2 rings (SSSR count). The predicted octanol–water partition coefficient (Wildman–Crippen LogP) is 1.48. The molecule has 2 aromatic rings. The normalized spacial score (nSPS) is 11.5. The van der Waals surface area contributed by atoms with E-state index in [1.54, 1.807) is 42.5 Å². The highest BCUT2D eigenvalue weighted by Crippen LogP contribution is 2.02. The van der Waals surface area contributed by atoms with Crippen LogP contribution < -0.4 is 5.32 Å². The maximum atomic E-state index is 11.8. The van der Waals surface area contributed by atoms with Crippen molar-refractivity contribution in [3.05, 3.63) is 71.8 Å². The van der Waals surface area contributed by atoms with E-state index in [1.807, 2.05) is 18.2 Å². The van der Waals surface area contributed by atoms with Crippen LogP contribution in [0.15, 0.2) is 60.7 Å². The zero-order chi connectivity index (χ0) is 15.1. The van der Waals surface area contributed by atoms with Gasteiger partial charge < -0.3 is 15.2 Å². The third-order valence-electron chi connectivity index (χ3n) is 2.75. The molecule has 1 amide bonds. The molecule has 108 valence electrons. The Balaban J connectivity index is 1.84. The summed E-state index contributed by atoms with van der Waals surface area (Å²) in [6.45, 7) is 0.0396. The smallest absolute Gasteiger partial charge is 0.356 e. The zero-order valence-corrected chi connectivity index (χ0v) is 11.2. The quantitative estimate of drug-likeness (QED) is 0.644. The van der Waals surface area contributed by atoms with Crippen LogP contribution in [0.2, 0.25) is 0 Å². The van der Waals surface area contributed by atoms with Crippen molar-refractivity contribution in [2.24, 2.45) is 0 Å². The molecule has 0 saturated carbocycles. The van der Waals surface area contributed by atoms with Gasteiger partial charge in [0, 0.05) is 5.56 Å². The SMILES string of the molecule is O=C(NC(O)C(=O)OCc1ccccc1)c1ccccc1. The van der Waals surface area contributed by atoms with E-state index in [0.717, 1.165) is 5.56 Å². The van der Waals surface area contributed by atoms with E-state index < -0.39 is 18.1 Å². The van der Waals surface area contributed by atoms with Gasteiger partial charge in [-0.25, -0.2) is 4.79 Å². The number of aliphatic hydroxyl groups excluding tert-OH is 1. The Kier molecular flexibility index (Phi) is 5.06. The number of aliphatic hydroxyl groups is 1. The second kappa shape index (κ2) is 7.21. The summed E-state index contributed by atoms with van der Waals surface area (Å²) in [6, 6.07) is 17.4. The second-order valence-corrected chi connectivity index (χ2v) is 4.34. The number of hydrogen-bond donors (Lipinski definition) is 2. The van der Waals surface area contributed by atoms with Crippen LogP contribution in [0, 0.1) is 0 Å². The summed E-state index contributed by atoms with van der Waals surface area (Å²) >= 11 is 0. The number of carbonyl (C=O) groups is 2. The number of hydrogen-bond acceptors (Lipinski definition) is 4. The lowest BCUT2D eigenvalue weighted by molar-refractivity contribution is -0.156. The number of nitrogens with one attached hydrogen (secondary N) is 1. The van der Waals surface area contributed by atoms with Crippen molar-refractivity contribution in [2.45, 2.75) is 12.8 Å². The molecule has 0 heterocycles. The molecule has 0 spiro atoms. The fourth-order valence-corrected chi connectivity index (χ4v) is 1.66. The first-order valence-electron chi connectivity index (χ1n) is 6.41. The Morgan fingerprint density at radius 3 is 2.19 bits per heavy atom. The number of esters is 1. The van der Waals surface area contributed by atoms with Crippen molar-refractivity contribution >= 4 is 11.9 Å². The van der Waals surface area contributed by atoms with Crippen LogP contribution in [0.4, 0.5) is 0 Å². The minimum Gasteiger partial charge on any atom is -0.457 e. The van der Waals surface area contributed by atoms with Gasteiger partial charge in [0.1, 0.15) is 6.61 Å². The standard InChI is InChI=1S/C16H15NO4/c18-14(13-9-5-2-6-10-13)17-15(19)16(20)21-11-12-7-3-1-4-8-12/h1-10,15,19H,11H2,(H,17,18). The summed E-state index contributed by atoms with van der Waals surface area (Å²) in [5.41, 5.74) is 1.15. The van der Waals surface area contributed by atoms with Crippen LogP contribution in [0.1, 0.15) is 15.9 Å². The first-order chi connectivity index (χ1) is 10.2. The lowest BCUT2D eigenvalue weighted by Crippen LogP contribution is -2.41. The zero-order valence-electron chi connectivity index (χ0n) is 11.2. The Morgan fingerprint density at radius 2 is 1.57 bits per heavy atom. The van der Waals surface area contributed by atoms with E-state index in [0.29, 0.717) is 5.56 Å². The summed E-state index contributed by atoms with van der Waals surface area (Å²) in [6.07, 6.45) is -1.69. The van der Waals surface area contributed by atoms with E-state index in [-0.39, 0.29) is 6.61 Å². The highest BCUT2D eigenvalue weighted by atomic mass is 16.5. The Hall–Kier alpha value is -2.66. The van der Waals surface area contributed by atoms with Crippen molar-refractivity contribution in [1.82, 2.24) is 5.32 Å². The third-order valence-corrected chi connectivity index (χ3v) is 2.75. The monoisotopic (exact) mass is 285 g/mol. The molecule has 0 aliphatic heterocycles. The first-order valence-corrected chi connectivity index (χ1v) is 6.41. The number of ether oxygens (including phenoxy) is 1. The minimum absolute atomic E-state index is 0.0396. The third kappa shape index (κ3) is 4.43. The minimum atomic E-state index is -1.69. The van der Waals surface area contributed by atoms with E-state index >= 15 is 0 Å². The topological polar surface area (TPSA) is 75.6 Å². The lowest BCUT2D eigenvalue weighted by Gasteiger charge is -2.12. The fraction of sp³-hybridized carbons (Fsp3) is 0.125. The van der Waals surface area contributed by atoms with Crippen molar-refractivity contribution in [1.29, 1.82) is 0 Å². The molecule has 1 unspecified atom stereocenters. The molecule has 0 bridgehead atoms. The second-order valence-electron chi connectivity index (χ2n) is 4.34. The van der Waals surface area contributed by atoms with Crippen LogP contribution in [0.5, 0.6) is 0 Å². The molecule has 0 aromatic heterocycles. The number of amides is 1. The maximum absolute atomic E-state index is 11.8. The molecule has 21 heavy (non-hydrogen) atoms. The van der Waals surface area contributed by atoms with Crippen LogP contribution in [0.3, 0.4) is 0 Å². The van der Waals surface area contributed by atoms with Crippen molar-refractivity contribution < 1.29 is 19.4 Å². The van der Waals surface area contributed by atoms with Gasteiger partial charge in [-0.05, 0) is 17.7 Å². The summed E-state index contributed by atoms with van der Waals surface area (Å²) < 4.78 is 4.92. The summed E-state index contributed by atoms with van der Waals surface area (Å²) in [7, 11) is 0. The first kappa shape index (κ1) is 14.7. The number of rotatable bonds is 5. The van der Waals surface area contributed by atoms with Gasteiger partial charge in [-0.2, -0.15) is 0 Å². The molecular formula is C16H15NO4. The largest absolute Gasteiger partial charge is 0.457 e. The number of carbonyl (C=O) groups excluding carboxylic acids is 2. The van der Waals surface area contributed by atoms with Gasteiger partial charge in [0.05, 0.1) is 0 Å². The molecule has 2 aromatic carbocycles. The summed E-state index contributed by atoms with van der Waals surface area (Å²) in [5.74, 6) is -1.44. The lowest BCUT2D eigenvalue weighted by atomic mass is 10.2. The van der Waals surface area contributed by atoms with Gasteiger partial charge >= 0.3 is 5.97 Å². The van der Waals surface area contributed by atoms with Gasteiger partial charge in [-0.1, -0.05) is 48.5 Å². The molecule has 2 N–H and O–H groups in total. The molecule has 0 aliphatic carbocycles. The Morgan fingerprint density at radius 1 is 1.00 bits per heavy atom. The average molecular weight is 285 g/mol. The van der Waals surface area contributed by atoms with Crippen molar-refractivity contribution in [3.63, 3.8) is 0 Å². The molecule has 0 radical (unpaired) electrons. The van der Waals surface area contributed by atoms with Crippen molar-refractivity contribution in [3.8, 4) is 0 Å². The highest BCUT2D eigenvalue weighted by molar-refractivity contribution is 5.96. The average Bonchev–Trinajstić information content (AvgIpc) is 2.54. The molecule has 0 saturated heterocycles. The van der Waals surface area contributed by atoms with Crippen LogP contribution in [0.25, 0.3) is 0 Å². The molecule has 0 aliphatic rings. The predicted molar refractivity (Wildman–Crippen MR) is 76.2 cm³/mol. The Labute approximate surface area is 122 Å². The van der Waals surface area contributed by atoms with Crippen LogP contribution in [-0.4, -0.2) is 23.2 Å². The maximum Gasteiger partial charge on any atom is 0.356 e. The van der Waals surface area contributed by atoms with Gasteiger partial charge in [0.2, 0.25) is 6.23 Å². The molecule has 0 fully saturated rings. The van der Waals surface area contributed by atoms with Gasteiger partial charge in [0.15, 0.2) is 0 Å². The molecular weight excluding hydrogens is 270 g/mol. The molecule has 5 nitrogen and oxygen atoms in total. The van der Waals surface area contributed by atoms with Gasteiger partial charge in [-0.3, -0.25) is 4.79 Å². The highest BCUT2D eigenvalue weighted by Gasteiger charge is 2.19. The van der Waals surface area contributed by atoms with E-state index in [1.165, 1.54) is 0 Å². The fourth-order valence-electron chi connectivity index (χ4n) is 1.66. The summed E-state index contributed by atoms with van der Waals surface area (Å²) in [4.78, 5) is 23.4. The van der Waals surface area contributed by atoms with Gasteiger partial charge in [-0.15, -0.1) is 0 Å². The van der Waals surface area contributed by atoms with Crippen molar-refractivity contribution in [2.75, 3.05) is 0 Å². The number of benzene rings is 2. The van der Waals surface area contributed by atoms with Crippen LogP contribution >= 0.6 is 0 Å². The van der Waals surface area contributed by atoms with E-state index in [9.17, 15) is 14.7 Å². The van der Waals surface area contributed by atoms with Crippen LogP contribution in [-0.2, 0) is 16.1 Å². The molecule has 1 atom stereocenters. The Bertz CT molecular complexity index is 598. The van der Waals surface area contributed by atoms with E-state index in [4.69, 9.17) is 4.74 Å². The summed E-state index contributed by atoms with van der Waals surface area (Å²) in [5, 5.41) is 11.8.